The molecule has 1 atom stereocenters. The summed E-state index contributed by atoms with van der Waals surface area (Å²) < 4.78 is 8.67. The second kappa shape index (κ2) is 10.2. The van der Waals surface area contributed by atoms with Gasteiger partial charge >= 0.3 is 0 Å². The maximum Gasteiger partial charge on any atom is 0.184 e. The van der Waals surface area contributed by atoms with Crippen molar-refractivity contribution in [1.29, 1.82) is 0 Å². The lowest BCUT2D eigenvalue weighted by Crippen LogP contribution is -2.42. The second-order valence-electron chi connectivity index (χ2n) is 6.27. The van der Waals surface area contributed by atoms with Gasteiger partial charge in [-0.05, 0) is 43.0 Å². The molecule has 19 heavy (non-hydrogen) atoms. The van der Waals surface area contributed by atoms with Crippen LogP contribution in [0.1, 0.15) is 51.9 Å². The van der Waals surface area contributed by atoms with Crippen LogP contribution in [0.25, 0.3) is 0 Å². The van der Waals surface area contributed by atoms with Crippen LogP contribution in [0.15, 0.2) is 22.8 Å². The highest BCUT2D eigenvalue weighted by Gasteiger charge is 2.33. The molecule has 0 aliphatic rings. The molecule has 3 heteroatoms. The lowest BCUT2D eigenvalue weighted by Gasteiger charge is -2.38. The zero-order valence-corrected chi connectivity index (χ0v) is 16.3. The van der Waals surface area contributed by atoms with Gasteiger partial charge < -0.3 is 4.43 Å². The molecule has 0 aliphatic carbocycles. The van der Waals surface area contributed by atoms with E-state index >= 15 is 0 Å². The van der Waals surface area contributed by atoms with Gasteiger partial charge in [0.15, 0.2) is 8.32 Å². The van der Waals surface area contributed by atoms with Crippen LogP contribution >= 0.6 is 22.6 Å². The van der Waals surface area contributed by atoms with E-state index in [2.05, 4.69) is 65.9 Å². The topological polar surface area (TPSA) is 9.23 Å². The summed E-state index contributed by atoms with van der Waals surface area (Å²) in [5.74, 6) is 0. The normalized spacial score (nSPS) is 15.6. The van der Waals surface area contributed by atoms with Gasteiger partial charge in [-0.25, -0.2) is 0 Å². The second-order valence-corrected chi connectivity index (χ2v) is 11.4. The molecule has 0 spiro atoms. The van der Waals surface area contributed by atoms with Crippen LogP contribution in [-0.4, -0.2) is 13.9 Å². The summed E-state index contributed by atoms with van der Waals surface area (Å²) in [7, 11) is -1.53. The van der Waals surface area contributed by atoms with Gasteiger partial charge in [0, 0.05) is 0 Å². The molecular formula is C16H31IOSi. The number of rotatable bonds is 11. The van der Waals surface area contributed by atoms with E-state index in [-0.39, 0.29) is 5.60 Å². The van der Waals surface area contributed by atoms with Gasteiger partial charge in [-0.1, -0.05) is 67.3 Å². The van der Waals surface area contributed by atoms with Gasteiger partial charge in [-0.3, -0.25) is 0 Å². The average molecular weight is 394 g/mol. The Bertz CT molecular complexity index is 270. The molecule has 0 bridgehead atoms. The summed E-state index contributed by atoms with van der Waals surface area (Å²) in [6.07, 6.45) is 12.6. The lowest BCUT2D eigenvalue weighted by molar-refractivity contribution is 0.0543. The molecule has 0 heterocycles. The molecule has 1 nitrogen and oxygen atoms in total. The Labute approximate surface area is 135 Å². The van der Waals surface area contributed by atoms with Gasteiger partial charge in [0.25, 0.3) is 0 Å². The van der Waals surface area contributed by atoms with Crippen molar-refractivity contribution in [2.75, 3.05) is 0 Å². The molecule has 0 radical (unpaired) electrons. The first-order chi connectivity index (χ1) is 8.89. The van der Waals surface area contributed by atoms with Crippen LogP contribution in [0.4, 0.5) is 0 Å². The predicted molar refractivity (Wildman–Crippen MR) is 98.5 cm³/mol. The number of halogens is 1. The molecule has 0 amide bonds. The third-order valence-electron chi connectivity index (χ3n) is 3.10. The summed E-state index contributed by atoms with van der Waals surface area (Å²) in [5, 5.41) is 0. The fourth-order valence-electron chi connectivity index (χ4n) is 2.47. The van der Waals surface area contributed by atoms with Crippen LogP contribution in [0.2, 0.25) is 19.6 Å². The number of hydrogen-bond donors (Lipinski definition) is 0. The van der Waals surface area contributed by atoms with Crippen molar-refractivity contribution in [2.24, 2.45) is 0 Å². The molecule has 0 aromatic carbocycles. The van der Waals surface area contributed by atoms with E-state index in [1.54, 1.807) is 0 Å². The van der Waals surface area contributed by atoms with E-state index in [0.717, 1.165) is 19.3 Å². The Morgan fingerprint density at radius 3 is 2.32 bits per heavy atom. The van der Waals surface area contributed by atoms with Crippen LogP contribution in [0.5, 0.6) is 0 Å². The third kappa shape index (κ3) is 9.85. The van der Waals surface area contributed by atoms with Crippen molar-refractivity contribution >= 4 is 30.9 Å². The van der Waals surface area contributed by atoms with E-state index in [9.17, 15) is 0 Å². The Morgan fingerprint density at radius 1 is 1.16 bits per heavy atom. The van der Waals surface area contributed by atoms with E-state index in [1.165, 1.54) is 25.7 Å². The summed E-state index contributed by atoms with van der Waals surface area (Å²) in [6.45, 7) is 13.0. The minimum Gasteiger partial charge on any atom is -0.412 e. The molecular weight excluding hydrogens is 363 g/mol. The smallest absolute Gasteiger partial charge is 0.184 e. The maximum absolute atomic E-state index is 6.56. The molecule has 0 aliphatic heterocycles. The number of hydrogen-bond acceptors (Lipinski definition) is 1. The highest BCUT2D eigenvalue weighted by Crippen LogP contribution is 2.32. The molecule has 1 unspecified atom stereocenters. The van der Waals surface area contributed by atoms with Crippen LogP contribution < -0.4 is 0 Å². The fraction of sp³-hybridized carbons (Fsp3) is 0.750. The standard InChI is InChI=1S/C16H31IOSi/c1-6-8-9-10-13-16(12-7-2,14-11-15-17)18-19(3,4)5/h7,11,15H,2,6,8-10,12-14H2,1,3-5H3. The first kappa shape index (κ1) is 19.4. The van der Waals surface area contributed by atoms with E-state index in [1.807, 2.05) is 6.08 Å². The van der Waals surface area contributed by atoms with Gasteiger partial charge in [-0.2, -0.15) is 0 Å². The Kier molecular flexibility index (Phi) is 10.4. The molecule has 0 fully saturated rings. The minimum absolute atomic E-state index is 0.0123. The van der Waals surface area contributed by atoms with Gasteiger partial charge in [0.05, 0.1) is 5.60 Å². The molecule has 0 aromatic rings. The summed E-state index contributed by atoms with van der Waals surface area (Å²) in [6, 6.07) is 0. The van der Waals surface area contributed by atoms with Crippen LogP contribution in [0.3, 0.4) is 0 Å². The molecule has 0 aromatic heterocycles. The summed E-state index contributed by atoms with van der Waals surface area (Å²) in [5.41, 5.74) is -0.0123. The largest absolute Gasteiger partial charge is 0.412 e. The van der Waals surface area contributed by atoms with Crippen molar-refractivity contribution < 1.29 is 4.43 Å². The van der Waals surface area contributed by atoms with Crippen molar-refractivity contribution in [3.8, 4) is 0 Å². The molecule has 0 rings (SSSR count). The predicted octanol–water partition coefficient (Wildman–Crippen LogP) is 6.46. The fourth-order valence-corrected chi connectivity index (χ4v) is 4.29. The third-order valence-corrected chi connectivity index (χ3v) is 4.66. The Hall–Kier alpha value is 0.387. The highest BCUT2D eigenvalue weighted by atomic mass is 127. The van der Waals surface area contributed by atoms with Crippen LogP contribution in [0, 0.1) is 0 Å². The summed E-state index contributed by atoms with van der Waals surface area (Å²) >= 11 is 2.29. The van der Waals surface area contributed by atoms with Gasteiger partial charge in [-0.15, -0.1) is 6.58 Å². The van der Waals surface area contributed by atoms with E-state index in [4.69, 9.17) is 4.43 Å². The van der Waals surface area contributed by atoms with E-state index < -0.39 is 8.32 Å². The number of unbranched alkanes of at least 4 members (excludes halogenated alkanes) is 3. The van der Waals surface area contributed by atoms with Crippen molar-refractivity contribution in [2.45, 2.75) is 77.1 Å². The first-order valence-corrected chi connectivity index (χ1v) is 12.1. The highest BCUT2D eigenvalue weighted by molar-refractivity contribution is 14.1. The van der Waals surface area contributed by atoms with Crippen LogP contribution in [-0.2, 0) is 4.43 Å². The first-order valence-electron chi connectivity index (χ1n) is 7.45. The van der Waals surface area contributed by atoms with E-state index in [0.29, 0.717) is 0 Å². The zero-order valence-electron chi connectivity index (χ0n) is 13.2. The molecule has 112 valence electrons. The van der Waals surface area contributed by atoms with Crippen molar-refractivity contribution in [3.63, 3.8) is 0 Å². The monoisotopic (exact) mass is 394 g/mol. The lowest BCUT2D eigenvalue weighted by atomic mass is 9.89. The summed E-state index contributed by atoms with van der Waals surface area (Å²) in [4.78, 5) is 0. The Morgan fingerprint density at radius 2 is 1.84 bits per heavy atom. The zero-order chi connectivity index (χ0) is 14.8. The molecule has 0 saturated carbocycles. The maximum atomic E-state index is 6.56. The van der Waals surface area contributed by atoms with Gasteiger partial charge in [0.2, 0.25) is 0 Å². The van der Waals surface area contributed by atoms with Crippen molar-refractivity contribution in [3.05, 3.63) is 22.8 Å². The minimum atomic E-state index is -1.53. The molecule has 0 saturated heterocycles. The molecule has 0 N–H and O–H groups in total. The SMILES string of the molecule is C=CCC(CC=CI)(CCCCCC)O[Si](C)(C)C. The van der Waals surface area contributed by atoms with Crippen molar-refractivity contribution in [1.82, 2.24) is 0 Å². The Balaban J connectivity index is 4.75. The quantitative estimate of drug-likeness (QED) is 0.169. The average Bonchev–Trinajstić information content (AvgIpc) is 2.30. The van der Waals surface area contributed by atoms with Gasteiger partial charge in [0.1, 0.15) is 0 Å².